The molecule has 1 atom stereocenters. The highest BCUT2D eigenvalue weighted by molar-refractivity contribution is 7.14. The number of nitrogens with one attached hydrogen (secondary N) is 1. The molecule has 4 rings (SSSR count). The van der Waals surface area contributed by atoms with E-state index in [0.29, 0.717) is 18.8 Å². The zero-order valence-electron chi connectivity index (χ0n) is 15.8. The van der Waals surface area contributed by atoms with Crippen molar-refractivity contribution in [3.05, 3.63) is 57.7 Å². The number of anilines is 1. The summed E-state index contributed by atoms with van der Waals surface area (Å²) in [5.41, 5.74) is 8.72. The van der Waals surface area contributed by atoms with E-state index >= 15 is 0 Å². The monoisotopic (exact) mass is 426 g/mol. The summed E-state index contributed by atoms with van der Waals surface area (Å²) in [6.07, 6.45) is 1.80. The average Bonchev–Trinajstić information content (AvgIpc) is 3.41. The Hall–Kier alpha value is -2.55. The van der Waals surface area contributed by atoms with Gasteiger partial charge in [0.1, 0.15) is 10.7 Å². The highest BCUT2D eigenvalue weighted by Crippen LogP contribution is 2.27. The number of hydrogen-bond acceptors (Lipinski definition) is 6. The molecule has 1 fully saturated rings. The van der Waals surface area contributed by atoms with Crippen LogP contribution in [0.25, 0.3) is 10.6 Å². The summed E-state index contributed by atoms with van der Waals surface area (Å²) in [4.78, 5) is 31.0. The first kappa shape index (κ1) is 19.8. The molecule has 3 aromatic rings. The molecule has 1 unspecified atom stereocenters. The molecule has 0 bridgehead atoms. The van der Waals surface area contributed by atoms with E-state index in [1.165, 1.54) is 11.3 Å². The number of thiazole rings is 1. The van der Waals surface area contributed by atoms with Gasteiger partial charge in [-0.15, -0.1) is 11.3 Å². The van der Waals surface area contributed by atoms with Crippen LogP contribution in [0.15, 0.2) is 46.5 Å². The maximum atomic E-state index is 12.7. The van der Waals surface area contributed by atoms with Crippen molar-refractivity contribution in [2.45, 2.75) is 19.4 Å². The lowest BCUT2D eigenvalue weighted by atomic mass is 9.97. The predicted octanol–water partition coefficient (Wildman–Crippen LogP) is 3.82. The first-order valence-electron chi connectivity index (χ1n) is 9.49. The van der Waals surface area contributed by atoms with Crippen molar-refractivity contribution >= 4 is 40.2 Å². The normalized spacial score (nSPS) is 17.2. The van der Waals surface area contributed by atoms with Gasteiger partial charge in [-0.25, -0.2) is 4.98 Å². The Labute approximate surface area is 177 Å². The van der Waals surface area contributed by atoms with Gasteiger partial charge in [0.25, 0.3) is 5.91 Å². The Morgan fingerprint density at radius 1 is 1.24 bits per heavy atom. The van der Waals surface area contributed by atoms with Crippen LogP contribution in [0.4, 0.5) is 5.69 Å². The number of aromatic nitrogens is 1. The SMILES string of the molecule is NC(=O)C1CCCN(Cc2ccccc2NC(=O)c2csc(-c3ccsc3)n2)C1. The number of carbonyl (C=O) groups excluding carboxylic acids is 2. The summed E-state index contributed by atoms with van der Waals surface area (Å²) >= 11 is 3.07. The molecule has 0 aliphatic carbocycles. The van der Waals surface area contributed by atoms with Crippen LogP contribution >= 0.6 is 22.7 Å². The molecule has 3 heterocycles. The second-order valence-corrected chi connectivity index (χ2v) is 8.78. The fraction of sp³-hybridized carbons (Fsp3) is 0.286. The molecule has 150 valence electrons. The summed E-state index contributed by atoms with van der Waals surface area (Å²) in [7, 11) is 0. The Bertz CT molecular complexity index is 1000. The summed E-state index contributed by atoms with van der Waals surface area (Å²) in [5, 5.41) is 9.64. The number of rotatable bonds is 6. The van der Waals surface area contributed by atoms with Crippen molar-refractivity contribution in [2.24, 2.45) is 11.7 Å². The molecule has 2 aromatic heterocycles. The van der Waals surface area contributed by atoms with Crippen molar-refractivity contribution < 1.29 is 9.59 Å². The van der Waals surface area contributed by atoms with Gasteiger partial charge < -0.3 is 11.1 Å². The second-order valence-electron chi connectivity index (χ2n) is 7.14. The molecule has 6 nitrogen and oxygen atoms in total. The van der Waals surface area contributed by atoms with Gasteiger partial charge in [0.2, 0.25) is 5.91 Å². The van der Waals surface area contributed by atoms with Crippen molar-refractivity contribution in [2.75, 3.05) is 18.4 Å². The molecular formula is C21H22N4O2S2. The molecule has 1 saturated heterocycles. The average molecular weight is 427 g/mol. The minimum Gasteiger partial charge on any atom is -0.369 e. The first-order chi connectivity index (χ1) is 14.1. The summed E-state index contributed by atoms with van der Waals surface area (Å²) in [5.74, 6) is -0.555. The fourth-order valence-electron chi connectivity index (χ4n) is 3.54. The minimum absolute atomic E-state index is 0.101. The predicted molar refractivity (Wildman–Crippen MR) is 117 cm³/mol. The molecule has 3 N–H and O–H groups in total. The molecule has 8 heteroatoms. The Morgan fingerprint density at radius 2 is 2.10 bits per heavy atom. The van der Waals surface area contributed by atoms with E-state index in [4.69, 9.17) is 5.73 Å². The smallest absolute Gasteiger partial charge is 0.275 e. The van der Waals surface area contributed by atoms with Crippen molar-refractivity contribution in [3.63, 3.8) is 0 Å². The van der Waals surface area contributed by atoms with E-state index in [1.807, 2.05) is 41.1 Å². The minimum atomic E-state index is -0.235. The zero-order valence-corrected chi connectivity index (χ0v) is 17.5. The fourth-order valence-corrected chi connectivity index (χ4v) is 5.05. The lowest BCUT2D eigenvalue weighted by Gasteiger charge is -2.31. The van der Waals surface area contributed by atoms with Crippen LogP contribution < -0.4 is 11.1 Å². The van der Waals surface area contributed by atoms with Crippen LogP contribution in [0.3, 0.4) is 0 Å². The maximum Gasteiger partial charge on any atom is 0.275 e. The third-order valence-electron chi connectivity index (χ3n) is 5.07. The highest BCUT2D eigenvalue weighted by atomic mass is 32.1. The quantitative estimate of drug-likeness (QED) is 0.627. The van der Waals surface area contributed by atoms with Gasteiger partial charge in [-0.1, -0.05) is 18.2 Å². The number of thiophene rings is 1. The van der Waals surface area contributed by atoms with Gasteiger partial charge in [-0.2, -0.15) is 11.3 Å². The second kappa shape index (κ2) is 8.86. The van der Waals surface area contributed by atoms with Gasteiger partial charge in [0, 0.05) is 35.1 Å². The van der Waals surface area contributed by atoms with E-state index < -0.39 is 0 Å². The van der Waals surface area contributed by atoms with Crippen molar-refractivity contribution in [1.82, 2.24) is 9.88 Å². The number of para-hydroxylation sites is 1. The lowest BCUT2D eigenvalue weighted by Crippen LogP contribution is -2.40. The van der Waals surface area contributed by atoms with Crippen molar-refractivity contribution in [3.8, 4) is 10.6 Å². The van der Waals surface area contributed by atoms with E-state index in [-0.39, 0.29) is 17.7 Å². The number of amides is 2. The number of primary amides is 1. The third kappa shape index (κ3) is 4.72. The van der Waals surface area contributed by atoms with Crippen LogP contribution in [0, 0.1) is 5.92 Å². The standard InChI is InChI=1S/C21H22N4O2S2/c22-19(26)15-5-3-8-25(11-15)10-14-4-1-2-6-17(14)23-20(27)18-13-29-21(24-18)16-7-9-28-12-16/h1-2,4,6-7,9,12-13,15H,3,5,8,10-11H2,(H2,22,26)(H,23,27). The number of likely N-dealkylation sites (tertiary alicyclic amines) is 1. The van der Waals surface area contributed by atoms with Crippen LogP contribution in [0.2, 0.25) is 0 Å². The lowest BCUT2D eigenvalue weighted by molar-refractivity contribution is -0.123. The Kier molecular flexibility index (Phi) is 6.03. The number of nitrogens with zero attached hydrogens (tertiary/aromatic N) is 2. The Morgan fingerprint density at radius 3 is 2.90 bits per heavy atom. The number of hydrogen-bond donors (Lipinski definition) is 2. The van der Waals surface area contributed by atoms with Crippen LogP contribution in [-0.4, -0.2) is 34.8 Å². The largest absolute Gasteiger partial charge is 0.369 e. The topological polar surface area (TPSA) is 88.3 Å². The van der Waals surface area contributed by atoms with Gasteiger partial charge in [0.15, 0.2) is 0 Å². The molecular weight excluding hydrogens is 404 g/mol. The number of piperidine rings is 1. The number of carbonyl (C=O) groups is 2. The van der Waals surface area contributed by atoms with Gasteiger partial charge >= 0.3 is 0 Å². The molecule has 1 aliphatic rings. The van der Waals surface area contributed by atoms with Gasteiger partial charge in [0.05, 0.1) is 5.92 Å². The van der Waals surface area contributed by atoms with E-state index in [9.17, 15) is 9.59 Å². The molecule has 0 spiro atoms. The molecule has 1 aliphatic heterocycles. The number of benzene rings is 1. The van der Waals surface area contributed by atoms with E-state index in [2.05, 4.69) is 15.2 Å². The van der Waals surface area contributed by atoms with E-state index in [1.54, 1.807) is 16.7 Å². The Balaban J connectivity index is 1.46. The van der Waals surface area contributed by atoms with Crippen LogP contribution in [-0.2, 0) is 11.3 Å². The highest BCUT2D eigenvalue weighted by Gasteiger charge is 2.24. The van der Waals surface area contributed by atoms with Crippen LogP contribution in [0.1, 0.15) is 28.9 Å². The van der Waals surface area contributed by atoms with Gasteiger partial charge in [-0.3, -0.25) is 14.5 Å². The number of nitrogens with two attached hydrogens (primary N) is 1. The van der Waals surface area contributed by atoms with E-state index in [0.717, 1.165) is 41.2 Å². The molecule has 29 heavy (non-hydrogen) atoms. The summed E-state index contributed by atoms with van der Waals surface area (Å²) in [6.45, 7) is 2.24. The summed E-state index contributed by atoms with van der Waals surface area (Å²) < 4.78 is 0. The third-order valence-corrected chi connectivity index (χ3v) is 6.65. The van der Waals surface area contributed by atoms with Crippen molar-refractivity contribution in [1.29, 1.82) is 0 Å². The first-order valence-corrected chi connectivity index (χ1v) is 11.3. The maximum absolute atomic E-state index is 12.7. The summed E-state index contributed by atoms with van der Waals surface area (Å²) in [6, 6.07) is 9.76. The molecule has 0 radical (unpaired) electrons. The molecule has 1 aromatic carbocycles. The zero-order chi connectivity index (χ0) is 20.2. The van der Waals surface area contributed by atoms with Gasteiger partial charge in [-0.05, 0) is 42.5 Å². The van der Waals surface area contributed by atoms with Crippen LogP contribution in [0.5, 0.6) is 0 Å². The molecule has 2 amide bonds. The molecule has 0 saturated carbocycles.